The van der Waals surface area contributed by atoms with Crippen molar-refractivity contribution >= 4 is 0 Å². The van der Waals surface area contributed by atoms with Crippen LogP contribution in [0.25, 0.3) is 5.69 Å². The van der Waals surface area contributed by atoms with E-state index in [0.29, 0.717) is 0 Å². The summed E-state index contributed by atoms with van der Waals surface area (Å²) in [6.45, 7) is 5.62. The summed E-state index contributed by atoms with van der Waals surface area (Å²) in [4.78, 5) is 5.24. The number of halogens is 1. The summed E-state index contributed by atoms with van der Waals surface area (Å²) in [5.41, 5.74) is 1.97. The van der Waals surface area contributed by atoms with Gasteiger partial charge in [-0.1, -0.05) is 18.9 Å². The van der Waals surface area contributed by atoms with E-state index in [4.69, 9.17) is 0 Å². The molecule has 1 aromatic carbocycles. The fraction of sp³-hybridized carbons (Fsp3) is 0.550. The average molecular weight is 342 g/mol. The van der Waals surface area contributed by atoms with Gasteiger partial charge in [0.25, 0.3) is 0 Å². The Kier molecular flexibility index (Phi) is 5.13. The van der Waals surface area contributed by atoms with E-state index in [1.807, 2.05) is 18.5 Å². The van der Waals surface area contributed by atoms with Crippen LogP contribution in [0.2, 0.25) is 0 Å². The van der Waals surface area contributed by atoms with Crippen molar-refractivity contribution < 1.29 is 4.39 Å². The molecule has 0 bridgehead atoms. The van der Waals surface area contributed by atoms with Gasteiger partial charge in [0.05, 0.1) is 11.9 Å². The summed E-state index contributed by atoms with van der Waals surface area (Å²) in [5, 5.41) is 4.41. The van der Waals surface area contributed by atoms with Gasteiger partial charge in [-0.3, -0.25) is 9.80 Å². The van der Waals surface area contributed by atoms with Crippen molar-refractivity contribution in [2.24, 2.45) is 0 Å². The van der Waals surface area contributed by atoms with Gasteiger partial charge in [0, 0.05) is 37.4 Å². The number of rotatable bonds is 4. The smallest absolute Gasteiger partial charge is 0.125 e. The Hall–Kier alpha value is -1.72. The molecule has 134 valence electrons. The van der Waals surface area contributed by atoms with E-state index < -0.39 is 0 Å². The normalized spacial score (nSPS) is 20.8. The van der Waals surface area contributed by atoms with Gasteiger partial charge in [0.15, 0.2) is 0 Å². The van der Waals surface area contributed by atoms with Gasteiger partial charge in [-0.25, -0.2) is 9.07 Å². The molecule has 2 fully saturated rings. The van der Waals surface area contributed by atoms with E-state index in [0.717, 1.165) is 31.4 Å². The van der Waals surface area contributed by atoms with Crippen molar-refractivity contribution in [3.8, 4) is 5.69 Å². The Morgan fingerprint density at radius 3 is 2.76 bits per heavy atom. The minimum Gasteiger partial charge on any atom is -0.299 e. The van der Waals surface area contributed by atoms with Gasteiger partial charge in [-0.2, -0.15) is 5.10 Å². The van der Waals surface area contributed by atoms with E-state index in [2.05, 4.69) is 14.9 Å². The maximum absolute atomic E-state index is 13.4. The Bertz CT molecular complexity index is 693. The molecule has 1 saturated carbocycles. The fourth-order valence-corrected chi connectivity index (χ4v) is 4.24. The molecular formula is C20H27FN4. The second-order valence-electron chi connectivity index (χ2n) is 7.38. The average Bonchev–Trinajstić information content (AvgIpc) is 3.25. The maximum Gasteiger partial charge on any atom is 0.125 e. The molecule has 4 nitrogen and oxygen atoms in total. The number of benzene rings is 1. The van der Waals surface area contributed by atoms with Gasteiger partial charge >= 0.3 is 0 Å². The van der Waals surface area contributed by atoms with Crippen LogP contribution in [0.5, 0.6) is 0 Å². The molecule has 0 spiro atoms. The molecule has 1 aliphatic heterocycles. The van der Waals surface area contributed by atoms with Gasteiger partial charge < -0.3 is 0 Å². The first-order valence-corrected chi connectivity index (χ1v) is 9.54. The summed E-state index contributed by atoms with van der Waals surface area (Å²) >= 11 is 0. The number of aromatic nitrogens is 2. The number of hydrogen-bond acceptors (Lipinski definition) is 3. The minimum absolute atomic E-state index is 0.228. The lowest BCUT2D eigenvalue weighted by atomic mass is 10.2. The van der Waals surface area contributed by atoms with Crippen LogP contribution < -0.4 is 0 Å². The highest BCUT2D eigenvalue weighted by Crippen LogP contribution is 2.24. The largest absolute Gasteiger partial charge is 0.299 e. The predicted molar refractivity (Wildman–Crippen MR) is 97.2 cm³/mol. The van der Waals surface area contributed by atoms with Crippen molar-refractivity contribution in [1.29, 1.82) is 0 Å². The van der Waals surface area contributed by atoms with Crippen molar-refractivity contribution in [2.75, 3.05) is 26.2 Å². The summed E-state index contributed by atoms with van der Waals surface area (Å²) < 4.78 is 15.2. The van der Waals surface area contributed by atoms with E-state index in [1.54, 1.807) is 10.7 Å². The zero-order chi connectivity index (χ0) is 17.1. The zero-order valence-corrected chi connectivity index (χ0v) is 14.8. The maximum atomic E-state index is 13.4. The van der Waals surface area contributed by atoms with Crippen LogP contribution in [-0.4, -0.2) is 51.8 Å². The third-order valence-electron chi connectivity index (χ3n) is 5.58. The van der Waals surface area contributed by atoms with Crippen molar-refractivity contribution in [1.82, 2.24) is 19.6 Å². The van der Waals surface area contributed by atoms with Crippen molar-refractivity contribution in [3.63, 3.8) is 0 Å². The molecule has 0 atom stereocenters. The van der Waals surface area contributed by atoms with Crippen molar-refractivity contribution in [3.05, 3.63) is 48.0 Å². The second kappa shape index (κ2) is 7.67. The standard InChI is InChI=1S/C20H27FN4/c21-18-5-3-8-20(13-18)25-16-17(14-22-25)15-23-9-4-10-24(12-11-23)19-6-1-2-7-19/h3,5,8,13-14,16,19H,1-2,4,6-7,9-12,15H2. The van der Waals surface area contributed by atoms with Gasteiger partial charge in [0.1, 0.15) is 5.82 Å². The summed E-state index contributed by atoms with van der Waals surface area (Å²) in [6, 6.07) is 7.41. The lowest BCUT2D eigenvalue weighted by Gasteiger charge is -2.27. The Labute approximate surface area is 149 Å². The molecule has 0 N–H and O–H groups in total. The van der Waals surface area contributed by atoms with Crippen LogP contribution in [-0.2, 0) is 6.54 Å². The molecular weight excluding hydrogens is 315 g/mol. The van der Waals surface area contributed by atoms with E-state index in [-0.39, 0.29) is 5.82 Å². The lowest BCUT2D eigenvalue weighted by molar-refractivity contribution is 0.198. The molecule has 4 rings (SSSR count). The molecule has 1 saturated heterocycles. The van der Waals surface area contributed by atoms with Crippen molar-refractivity contribution in [2.45, 2.75) is 44.7 Å². The highest BCUT2D eigenvalue weighted by atomic mass is 19.1. The van der Waals surface area contributed by atoms with Gasteiger partial charge in [-0.15, -0.1) is 0 Å². The summed E-state index contributed by atoms with van der Waals surface area (Å²) in [5.74, 6) is -0.228. The number of hydrogen-bond donors (Lipinski definition) is 0. The number of nitrogens with zero attached hydrogens (tertiary/aromatic N) is 4. The monoisotopic (exact) mass is 342 g/mol. The first-order valence-electron chi connectivity index (χ1n) is 9.54. The van der Waals surface area contributed by atoms with Crippen LogP contribution in [0.3, 0.4) is 0 Å². The quantitative estimate of drug-likeness (QED) is 0.850. The molecule has 2 heterocycles. The molecule has 1 aliphatic carbocycles. The topological polar surface area (TPSA) is 24.3 Å². The molecule has 0 amide bonds. The molecule has 2 aliphatic rings. The van der Waals surface area contributed by atoms with E-state index in [1.165, 1.54) is 62.9 Å². The van der Waals surface area contributed by atoms with Crippen LogP contribution in [0, 0.1) is 5.82 Å². The van der Waals surface area contributed by atoms with Gasteiger partial charge in [-0.05, 0) is 50.6 Å². The van der Waals surface area contributed by atoms with Crippen LogP contribution >= 0.6 is 0 Å². The first kappa shape index (κ1) is 16.7. The Balaban J connectivity index is 1.36. The van der Waals surface area contributed by atoms with Crippen LogP contribution in [0.4, 0.5) is 4.39 Å². The highest BCUT2D eigenvalue weighted by molar-refractivity contribution is 5.31. The molecule has 0 unspecified atom stereocenters. The Morgan fingerprint density at radius 2 is 1.92 bits per heavy atom. The minimum atomic E-state index is -0.228. The van der Waals surface area contributed by atoms with E-state index in [9.17, 15) is 4.39 Å². The van der Waals surface area contributed by atoms with Crippen LogP contribution in [0.15, 0.2) is 36.7 Å². The third kappa shape index (κ3) is 4.10. The first-order chi connectivity index (χ1) is 12.3. The van der Waals surface area contributed by atoms with Gasteiger partial charge in [0.2, 0.25) is 0 Å². The zero-order valence-electron chi connectivity index (χ0n) is 14.8. The summed E-state index contributed by atoms with van der Waals surface area (Å²) in [7, 11) is 0. The molecule has 5 heteroatoms. The summed E-state index contributed by atoms with van der Waals surface area (Å²) in [6.07, 6.45) is 10.8. The molecule has 25 heavy (non-hydrogen) atoms. The molecule has 0 radical (unpaired) electrons. The fourth-order valence-electron chi connectivity index (χ4n) is 4.24. The molecule has 1 aromatic heterocycles. The SMILES string of the molecule is Fc1cccc(-n2cc(CN3CCCN(C4CCCC4)CC3)cn2)c1. The lowest BCUT2D eigenvalue weighted by Crippen LogP contribution is -2.36. The van der Waals surface area contributed by atoms with Crippen LogP contribution in [0.1, 0.15) is 37.7 Å². The Morgan fingerprint density at radius 1 is 1.04 bits per heavy atom. The molecule has 2 aromatic rings. The highest BCUT2D eigenvalue weighted by Gasteiger charge is 2.24. The van der Waals surface area contributed by atoms with E-state index >= 15 is 0 Å². The predicted octanol–water partition coefficient (Wildman–Crippen LogP) is 3.46. The second-order valence-corrected chi connectivity index (χ2v) is 7.38. The third-order valence-corrected chi connectivity index (χ3v) is 5.58.